The van der Waals surface area contributed by atoms with E-state index in [4.69, 9.17) is 0 Å². The van der Waals surface area contributed by atoms with Crippen LogP contribution in [0.4, 0.5) is 11.4 Å². The average molecular weight is 349 g/mol. The molecular formula is C17H23N3O5. The van der Waals surface area contributed by atoms with Crippen LogP contribution in [0.2, 0.25) is 0 Å². The van der Waals surface area contributed by atoms with Crippen molar-refractivity contribution in [3.63, 3.8) is 0 Å². The van der Waals surface area contributed by atoms with Gasteiger partial charge >= 0.3 is 11.8 Å². The van der Waals surface area contributed by atoms with Crippen LogP contribution >= 0.6 is 0 Å². The van der Waals surface area contributed by atoms with Gasteiger partial charge < -0.3 is 15.7 Å². The van der Waals surface area contributed by atoms with Crippen LogP contribution < -0.4 is 10.6 Å². The van der Waals surface area contributed by atoms with Gasteiger partial charge in [0.15, 0.2) is 0 Å². The first-order valence-corrected chi connectivity index (χ1v) is 8.40. The number of hydrogen-bond acceptors (Lipinski definition) is 5. The average Bonchev–Trinajstić information content (AvgIpc) is 2.61. The molecule has 2 rings (SSSR count). The molecular weight excluding hydrogens is 326 g/mol. The quantitative estimate of drug-likeness (QED) is 0.426. The minimum atomic E-state index is -0.917. The van der Waals surface area contributed by atoms with Crippen LogP contribution in [-0.4, -0.2) is 34.5 Å². The van der Waals surface area contributed by atoms with Gasteiger partial charge in [-0.3, -0.25) is 19.7 Å². The lowest BCUT2D eigenvalue weighted by Gasteiger charge is -2.26. The van der Waals surface area contributed by atoms with Crippen molar-refractivity contribution in [2.75, 3.05) is 11.9 Å². The highest BCUT2D eigenvalue weighted by Crippen LogP contribution is 2.26. The summed E-state index contributed by atoms with van der Waals surface area (Å²) in [5.41, 5.74) is 0.644. The number of carbonyl (C=O) groups is 2. The molecule has 1 saturated carbocycles. The number of aliphatic hydroxyl groups excluding tert-OH is 1. The third-order valence-electron chi connectivity index (χ3n) is 4.55. The summed E-state index contributed by atoms with van der Waals surface area (Å²) in [6.45, 7) is 1.69. The number of benzene rings is 1. The molecule has 0 spiro atoms. The normalized spacial score (nSPS) is 16.1. The van der Waals surface area contributed by atoms with E-state index in [2.05, 4.69) is 10.6 Å². The van der Waals surface area contributed by atoms with Gasteiger partial charge in [0.2, 0.25) is 0 Å². The summed E-state index contributed by atoms with van der Waals surface area (Å²) in [6.07, 6.45) is 4.49. The SMILES string of the molecule is Cc1ccc([N+](=O)[O-])cc1NC(=O)C(=O)NCC(O)C1CCCCC1. The third kappa shape index (κ3) is 5.25. The molecule has 1 aliphatic rings. The molecule has 8 heteroatoms. The number of rotatable bonds is 5. The molecule has 0 saturated heterocycles. The number of nitro groups is 1. The highest BCUT2D eigenvalue weighted by molar-refractivity contribution is 6.39. The molecule has 25 heavy (non-hydrogen) atoms. The second-order valence-electron chi connectivity index (χ2n) is 6.39. The highest BCUT2D eigenvalue weighted by atomic mass is 16.6. The van der Waals surface area contributed by atoms with E-state index in [1.54, 1.807) is 6.92 Å². The minimum Gasteiger partial charge on any atom is -0.391 e. The topological polar surface area (TPSA) is 122 Å². The number of nitrogens with one attached hydrogen (secondary N) is 2. The standard InChI is InChI=1S/C17H23N3O5/c1-11-7-8-13(20(24)25)9-14(11)19-17(23)16(22)18-10-15(21)12-5-3-2-4-6-12/h7-9,12,15,21H,2-6,10H2,1H3,(H,18,22)(H,19,23). The molecule has 0 bridgehead atoms. The first-order chi connectivity index (χ1) is 11.9. The van der Waals surface area contributed by atoms with Crippen molar-refractivity contribution >= 4 is 23.2 Å². The summed E-state index contributed by atoms with van der Waals surface area (Å²) in [6, 6.07) is 4.03. The zero-order valence-corrected chi connectivity index (χ0v) is 14.2. The Morgan fingerprint density at radius 3 is 2.60 bits per heavy atom. The van der Waals surface area contributed by atoms with Crippen molar-refractivity contribution in [1.82, 2.24) is 5.32 Å². The Morgan fingerprint density at radius 2 is 1.96 bits per heavy atom. The Morgan fingerprint density at radius 1 is 1.28 bits per heavy atom. The van der Waals surface area contributed by atoms with Crippen LogP contribution in [0.3, 0.4) is 0 Å². The van der Waals surface area contributed by atoms with Gasteiger partial charge in [-0.2, -0.15) is 0 Å². The summed E-state index contributed by atoms with van der Waals surface area (Å²) in [4.78, 5) is 34.1. The number of nitrogens with zero attached hydrogens (tertiary/aromatic N) is 1. The van der Waals surface area contributed by atoms with Crippen LogP contribution in [0.1, 0.15) is 37.7 Å². The summed E-state index contributed by atoms with van der Waals surface area (Å²) in [7, 11) is 0. The van der Waals surface area contributed by atoms with Gasteiger partial charge in [-0.15, -0.1) is 0 Å². The van der Waals surface area contributed by atoms with E-state index in [-0.39, 0.29) is 23.8 Å². The van der Waals surface area contributed by atoms with E-state index >= 15 is 0 Å². The second kappa shape index (κ2) is 8.57. The molecule has 1 fully saturated rings. The smallest absolute Gasteiger partial charge is 0.313 e. The summed E-state index contributed by atoms with van der Waals surface area (Å²) >= 11 is 0. The van der Waals surface area contributed by atoms with Crippen molar-refractivity contribution in [3.8, 4) is 0 Å². The number of nitro benzene ring substituents is 1. The number of carbonyl (C=O) groups excluding carboxylic acids is 2. The van der Waals surface area contributed by atoms with E-state index < -0.39 is 22.8 Å². The molecule has 1 aromatic carbocycles. The number of hydrogen-bond donors (Lipinski definition) is 3. The lowest BCUT2D eigenvalue weighted by molar-refractivity contribution is -0.384. The van der Waals surface area contributed by atoms with Gasteiger partial charge in [-0.05, 0) is 31.2 Å². The molecule has 0 heterocycles. The molecule has 1 unspecified atom stereocenters. The van der Waals surface area contributed by atoms with Crippen LogP contribution in [-0.2, 0) is 9.59 Å². The summed E-state index contributed by atoms with van der Waals surface area (Å²) in [5.74, 6) is -1.64. The predicted molar refractivity (Wildman–Crippen MR) is 92.1 cm³/mol. The van der Waals surface area contributed by atoms with Crippen molar-refractivity contribution in [1.29, 1.82) is 0 Å². The van der Waals surface area contributed by atoms with Crippen molar-refractivity contribution in [2.45, 2.75) is 45.1 Å². The molecule has 1 aromatic rings. The molecule has 3 N–H and O–H groups in total. The fraction of sp³-hybridized carbons (Fsp3) is 0.529. The molecule has 8 nitrogen and oxygen atoms in total. The Kier molecular flexibility index (Phi) is 6.46. The maximum Gasteiger partial charge on any atom is 0.313 e. The molecule has 1 aliphatic carbocycles. The molecule has 136 valence electrons. The van der Waals surface area contributed by atoms with E-state index in [1.165, 1.54) is 24.6 Å². The Hall–Kier alpha value is -2.48. The molecule has 2 amide bonds. The number of non-ortho nitro benzene ring substituents is 1. The molecule has 0 radical (unpaired) electrons. The Balaban J connectivity index is 1.88. The van der Waals surface area contributed by atoms with E-state index in [1.807, 2.05) is 0 Å². The zero-order valence-electron chi connectivity index (χ0n) is 14.2. The van der Waals surface area contributed by atoms with Crippen molar-refractivity contribution < 1.29 is 19.6 Å². The van der Waals surface area contributed by atoms with Gasteiger partial charge in [-0.25, -0.2) is 0 Å². The Labute approximate surface area is 145 Å². The van der Waals surface area contributed by atoms with Gasteiger partial charge in [0.05, 0.1) is 16.7 Å². The zero-order chi connectivity index (χ0) is 18.4. The predicted octanol–water partition coefficient (Wildman–Crippen LogP) is 1.90. The maximum absolute atomic E-state index is 12.0. The van der Waals surface area contributed by atoms with Crippen LogP contribution in [0, 0.1) is 23.0 Å². The van der Waals surface area contributed by atoms with Gasteiger partial charge in [-0.1, -0.05) is 25.3 Å². The van der Waals surface area contributed by atoms with E-state index in [9.17, 15) is 24.8 Å². The maximum atomic E-state index is 12.0. The fourth-order valence-corrected chi connectivity index (χ4v) is 3.00. The van der Waals surface area contributed by atoms with Crippen molar-refractivity contribution in [3.05, 3.63) is 33.9 Å². The highest BCUT2D eigenvalue weighted by Gasteiger charge is 2.23. The first-order valence-electron chi connectivity index (χ1n) is 8.40. The number of amides is 2. The number of anilines is 1. The van der Waals surface area contributed by atoms with E-state index in [0.717, 1.165) is 25.7 Å². The van der Waals surface area contributed by atoms with Crippen LogP contribution in [0.15, 0.2) is 18.2 Å². The lowest BCUT2D eigenvalue weighted by Crippen LogP contribution is -2.42. The van der Waals surface area contributed by atoms with Crippen LogP contribution in [0.5, 0.6) is 0 Å². The largest absolute Gasteiger partial charge is 0.391 e. The summed E-state index contributed by atoms with van der Waals surface area (Å²) in [5, 5.41) is 25.7. The molecule has 0 aromatic heterocycles. The molecule has 1 atom stereocenters. The van der Waals surface area contributed by atoms with Gasteiger partial charge in [0.1, 0.15) is 0 Å². The first kappa shape index (κ1) is 18.9. The van der Waals surface area contributed by atoms with Crippen molar-refractivity contribution in [2.24, 2.45) is 5.92 Å². The molecule has 0 aliphatic heterocycles. The monoisotopic (exact) mass is 349 g/mol. The van der Waals surface area contributed by atoms with Crippen LogP contribution in [0.25, 0.3) is 0 Å². The van der Waals surface area contributed by atoms with E-state index in [0.29, 0.717) is 5.56 Å². The number of aryl methyl sites for hydroxylation is 1. The Bertz CT molecular complexity index is 656. The van der Waals surface area contributed by atoms with Gasteiger partial charge in [0.25, 0.3) is 5.69 Å². The minimum absolute atomic E-state index is 0.0187. The van der Waals surface area contributed by atoms with Gasteiger partial charge in [0, 0.05) is 18.7 Å². The number of aliphatic hydroxyl groups is 1. The fourth-order valence-electron chi connectivity index (χ4n) is 3.00. The third-order valence-corrected chi connectivity index (χ3v) is 4.55. The summed E-state index contributed by atoms with van der Waals surface area (Å²) < 4.78 is 0. The second-order valence-corrected chi connectivity index (χ2v) is 6.39. The lowest BCUT2D eigenvalue weighted by atomic mass is 9.85.